The standard InChI is InChI=1S/C24H35ClN8O2/c1-3-35-24(34)33-15-13-32(14-16-33)12-6-4-5-11-27-21-17-18(2)28-23(30-21)31-22(26)29-20-9-7-19(25)8-10-20/h7-10,17H,3-6,11-16H2,1-2H3,(H4,26,27,28,29,30,31). The lowest BCUT2D eigenvalue weighted by molar-refractivity contribution is 0.0792. The minimum atomic E-state index is -0.201. The number of nitrogens with zero attached hydrogens (tertiary/aromatic N) is 5. The summed E-state index contributed by atoms with van der Waals surface area (Å²) in [7, 11) is 0. The first-order chi connectivity index (χ1) is 16.9. The second kappa shape index (κ2) is 13.7. The quantitative estimate of drug-likeness (QED) is 0.254. The summed E-state index contributed by atoms with van der Waals surface area (Å²) in [6, 6.07) is 9.07. The van der Waals surface area contributed by atoms with Gasteiger partial charge in [0.15, 0.2) is 0 Å². The van der Waals surface area contributed by atoms with Crippen LogP contribution < -0.4 is 16.4 Å². The number of benzene rings is 1. The fourth-order valence-corrected chi connectivity index (χ4v) is 3.86. The van der Waals surface area contributed by atoms with Crippen LogP contribution in [0.4, 0.5) is 22.2 Å². The maximum Gasteiger partial charge on any atom is 0.409 e. The van der Waals surface area contributed by atoms with Crippen LogP contribution in [0.1, 0.15) is 31.9 Å². The van der Waals surface area contributed by atoms with Crippen LogP contribution in [-0.4, -0.2) is 77.7 Å². The summed E-state index contributed by atoms with van der Waals surface area (Å²) >= 11 is 5.91. The van der Waals surface area contributed by atoms with E-state index < -0.39 is 0 Å². The van der Waals surface area contributed by atoms with Crippen molar-refractivity contribution in [1.82, 2.24) is 19.8 Å². The average molecular weight is 503 g/mol. The van der Waals surface area contributed by atoms with E-state index in [4.69, 9.17) is 22.1 Å². The Balaban J connectivity index is 1.36. The Morgan fingerprint density at radius 1 is 1.14 bits per heavy atom. The second-order valence-electron chi connectivity index (χ2n) is 8.34. The monoisotopic (exact) mass is 502 g/mol. The Bertz CT molecular complexity index is 978. The third kappa shape index (κ3) is 9.22. The largest absolute Gasteiger partial charge is 0.450 e. The lowest BCUT2D eigenvalue weighted by Gasteiger charge is -2.34. The summed E-state index contributed by atoms with van der Waals surface area (Å²) < 4.78 is 5.07. The van der Waals surface area contributed by atoms with Gasteiger partial charge in [0.25, 0.3) is 5.95 Å². The molecule has 0 spiro atoms. The number of guanidine groups is 1. The minimum Gasteiger partial charge on any atom is -0.450 e. The van der Waals surface area contributed by atoms with E-state index in [1.54, 1.807) is 17.0 Å². The maximum atomic E-state index is 11.8. The van der Waals surface area contributed by atoms with Gasteiger partial charge in [-0.25, -0.2) is 9.78 Å². The Labute approximate surface area is 211 Å². The van der Waals surface area contributed by atoms with E-state index in [0.717, 1.165) is 75.7 Å². The lowest BCUT2D eigenvalue weighted by atomic mass is 10.2. The highest BCUT2D eigenvalue weighted by molar-refractivity contribution is 6.30. The normalized spacial score (nSPS) is 14.6. The molecule has 0 aliphatic carbocycles. The Hall–Kier alpha value is -3.11. The predicted octanol–water partition coefficient (Wildman–Crippen LogP) is 3.85. The molecule has 1 aromatic heterocycles. The highest BCUT2D eigenvalue weighted by Crippen LogP contribution is 2.15. The molecular formula is C24H35ClN8O2. The minimum absolute atomic E-state index is 0.201. The Morgan fingerprint density at radius 3 is 2.60 bits per heavy atom. The fraction of sp³-hybridized carbons (Fsp3) is 0.500. The first-order valence-electron chi connectivity index (χ1n) is 12.0. The van der Waals surface area contributed by atoms with E-state index in [1.807, 2.05) is 32.0 Å². The van der Waals surface area contributed by atoms with Gasteiger partial charge in [0.05, 0.1) is 6.61 Å². The number of unbranched alkanes of at least 4 members (excludes halogenated alkanes) is 2. The van der Waals surface area contributed by atoms with Crippen molar-refractivity contribution in [3.63, 3.8) is 0 Å². The number of hydrogen-bond acceptors (Lipinski definition) is 7. The summed E-state index contributed by atoms with van der Waals surface area (Å²) in [5.41, 5.74) is 7.59. The van der Waals surface area contributed by atoms with Crippen molar-refractivity contribution in [2.45, 2.75) is 33.1 Å². The molecule has 1 amide bonds. The van der Waals surface area contributed by atoms with Gasteiger partial charge in [0.1, 0.15) is 5.82 Å². The average Bonchev–Trinajstić information content (AvgIpc) is 2.83. The molecule has 0 atom stereocenters. The number of aliphatic imine (C=N–C) groups is 1. The number of ether oxygens (including phenoxy) is 1. The molecule has 0 unspecified atom stereocenters. The second-order valence-corrected chi connectivity index (χ2v) is 8.77. The number of amides is 1. The van der Waals surface area contributed by atoms with E-state index in [2.05, 4.69) is 30.5 Å². The number of carbonyl (C=O) groups excluding carboxylic acids is 1. The topological polar surface area (TPSA) is 121 Å². The molecule has 0 saturated carbocycles. The van der Waals surface area contributed by atoms with Crippen LogP contribution in [0, 0.1) is 6.92 Å². The van der Waals surface area contributed by atoms with Crippen molar-refractivity contribution < 1.29 is 9.53 Å². The van der Waals surface area contributed by atoms with Gasteiger partial charge in [0, 0.05) is 55.2 Å². The van der Waals surface area contributed by atoms with E-state index in [-0.39, 0.29) is 12.1 Å². The molecular weight excluding hydrogens is 468 g/mol. The van der Waals surface area contributed by atoms with Gasteiger partial charge >= 0.3 is 6.09 Å². The van der Waals surface area contributed by atoms with Crippen molar-refractivity contribution >= 4 is 41.1 Å². The van der Waals surface area contributed by atoms with Crippen molar-refractivity contribution in [1.29, 1.82) is 0 Å². The molecule has 1 fully saturated rings. The van der Waals surface area contributed by atoms with Crippen LogP contribution >= 0.6 is 11.6 Å². The predicted molar refractivity (Wildman–Crippen MR) is 141 cm³/mol. The van der Waals surface area contributed by atoms with E-state index in [9.17, 15) is 4.79 Å². The molecule has 1 aliphatic rings. The number of hydrogen-bond donors (Lipinski definition) is 3. The van der Waals surface area contributed by atoms with Crippen molar-refractivity contribution in [2.24, 2.45) is 10.7 Å². The van der Waals surface area contributed by atoms with Crippen molar-refractivity contribution in [2.75, 3.05) is 56.5 Å². The zero-order valence-electron chi connectivity index (χ0n) is 20.5. The SMILES string of the molecule is CCOC(=O)N1CCN(CCCCCNc2cc(C)nc(N=C(N)Nc3ccc(Cl)cc3)n2)CC1. The van der Waals surface area contributed by atoms with E-state index >= 15 is 0 Å². The number of nitrogens with one attached hydrogen (secondary N) is 2. The summed E-state index contributed by atoms with van der Waals surface area (Å²) in [6.07, 6.45) is 3.06. The molecule has 2 aromatic rings. The summed E-state index contributed by atoms with van der Waals surface area (Å²) in [6.45, 7) is 9.28. The zero-order chi connectivity index (χ0) is 25.0. The number of rotatable bonds is 10. The molecule has 1 aromatic carbocycles. The van der Waals surface area contributed by atoms with E-state index in [0.29, 0.717) is 17.6 Å². The summed E-state index contributed by atoms with van der Waals surface area (Å²) in [5, 5.41) is 7.01. The van der Waals surface area contributed by atoms with E-state index in [1.165, 1.54) is 0 Å². The molecule has 11 heteroatoms. The summed E-state index contributed by atoms with van der Waals surface area (Å²) in [4.78, 5) is 29.1. The first kappa shape index (κ1) is 26.5. The summed E-state index contributed by atoms with van der Waals surface area (Å²) in [5.74, 6) is 1.23. The smallest absolute Gasteiger partial charge is 0.409 e. The third-order valence-electron chi connectivity index (χ3n) is 5.54. The van der Waals surface area contributed by atoms with Gasteiger partial charge < -0.3 is 26.0 Å². The third-order valence-corrected chi connectivity index (χ3v) is 5.79. The number of nitrogens with two attached hydrogens (primary N) is 1. The number of aromatic nitrogens is 2. The number of carbonyl (C=O) groups is 1. The molecule has 1 saturated heterocycles. The number of piperazine rings is 1. The number of aryl methyl sites for hydroxylation is 1. The van der Waals surface area contributed by atoms with Crippen LogP contribution in [0.15, 0.2) is 35.3 Å². The van der Waals surface area contributed by atoms with Gasteiger partial charge in [0.2, 0.25) is 5.96 Å². The highest BCUT2D eigenvalue weighted by Gasteiger charge is 2.21. The van der Waals surface area contributed by atoms with Crippen LogP contribution in [0.2, 0.25) is 5.02 Å². The molecule has 4 N–H and O–H groups in total. The number of halogens is 1. The van der Waals surface area contributed by atoms with Crippen LogP contribution in [0.5, 0.6) is 0 Å². The number of anilines is 2. The fourth-order valence-electron chi connectivity index (χ4n) is 3.73. The molecule has 10 nitrogen and oxygen atoms in total. The Morgan fingerprint density at radius 2 is 1.89 bits per heavy atom. The molecule has 0 radical (unpaired) electrons. The molecule has 0 bridgehead atoms. The van der Waals surface area contributed by atoms with Gasteiger partial charge in [-0.2, -0.15) is 9.98 Å². The van der Waals surface area contributed by atoms with Crippen LogP contribution in [0.25, 0.3) is 0 Å². The van der Waals surface area contributed by atoms with Crippen LogP contribution in [-0.2, 0) is 4.74 Å². The van der Waals surface area contributed by atoms with Crippen molar-refractivity contribution in [3.05, 3.63) is 41.0 Å². The first-order valence-corrected chi connectivity index (χ1v) is 12.4. The van der Waals surface area contributed by atoms with Gasteiger partial charge in [-0.1, -0.05) is 18.0 Å². The zero-order valence-corrected chi connectivity index (χ0v) is 21.2. The molecule has 1 aliphatic heterocycles. The molecule has 2 heterocycles. The van der Waals surface area contributed by atoms with Crippen LogP contribution in [0.3, 0.4) is 0 Å². The maximum absolute atomic E-state index is 11.8. The Kier molecular flexibility index (Phi) is 10.4. The molecule has 190 valence electrons. The lowest BCUT2D eigenvalue weighted by Crippen LogP contribution is -2.49. The van der Waals surface area contributed by atoms with Crippen molar-refractivity contribution in [3.8, 4) is 0 Å². The molecule has 35 heavy (non-hydrogen) atoms. The molecule has 3 rings (SSSR count). The van der Waals surface area contributed by atoms with Gasteiger partial charge in [-0.05, 0) is 57.5 Å². The van der Waals surface area contributed by atoms with Gasteiger partial charge in [-0.15, -0.1) is 0 Å². The van der Waals surface area contributed by atoms with Gasteiger partial charge in [-0.3, -0.25) is 4.90 Å². The highest BCUT2D eigenvalue weighted by atomic mass is 35.5.